The van der Waals surface area contributed by atoms with Crippen LogP contribution in [0.15, 0.2) is 65.8 Å². The van der Waals surface area contributed by atoms with Crippen molar-refractivity contribution in [3.8, 4) is 34.3 Å². The van der Waals surface area contributed by atoms with E-state index in [2.05, 4.69) is 10.1 Å². The minimum atomic E-state index is -0.831. The third-order valence-corrected chi connectivity index (χ3v) is 5.04. The molecule has 31 heavy (non-hydrogen) atoms. The van der Waals surface area contributed by atoms with E-state index in [4.69, 9.17) is 18.6 Å². The molecule has 0 fully saturated rings. The van der Waals surface area contributed by atoms with E-state index in [1.165, 1.54) is 6.33 Å². The number of aliphatic hydroxyl groups is 1. The van der Waals surface area contributed by atoms with Crippen molar-refractivity contribution in [2.45, 2.75) is 12.5 Å². The molecule has 8 heteroatoms. The first-order valence-electron chi connectivity index (χ1n) is 9.64. The lowest BCUT2D eigenvalue weighted by molar-refractivity contribution is 0.177. The SMILES string of the molecule is COc1cc(C(O)Cc2cc(-c3ccco3)ccc2-n2cncn2)cc(OC)c1OC. The molecule has 0 amide bonds. The molecule has 0 saturated heterocycles. The van der Waals surface area contributed by atoms with Gasteiger partial charge in [0.05, 0.1) is 39.4 Å². The Morgan fingerprint density at radius 3 is 2.39 bits per heavy atom. The fourth-order valence-corrected chi connectivity index (χ4v) is 3.52. The highest BCUT2D eigenvalue weighted by molar-refractivity contribution is 5.62. The maximum absolute atomic E-state index is 11.1. The molecule has 0 aliphatic heterocycles. The molecule has 1 N–H and O–H groups in total. The molecule has 0 radical (unpaired) electrons. The average Bonchev–Trinajstić information content (AvgIpc) is 3.52. The van der Waals surface area contributed by atoms with Crippen molar-refractivity contribution < 1.29 is 23.7 Å². The number of methoxy groups -OCH3 is 3. The number of aliphatic hydroxyl groups excluding tert-OH is 1. The van der Waals surface area contributed by atoms with Crippen molar-refractivity contribution in [1.29, 1.82) is 0 Å². The predicted molar refractivity (Wildman–Crippen MR) is 114 cm³/mol. The smallest absolute Gasteiger partial charge is 0.203 e. The van der Waals surface area contributed by atoms with Crippen LogP contribution in [-0.4, -0.2) is 41.2 Å². The summed E-state index contributed by atoms with van der Waals surface area (Å²) in [4.78, 5) is 4.04. The summed E-state index contributed by atoms with van der Waals surface area (Å²) in [5.41, 5.74) is 3.24. The predicted octanol–water partition coefficient (Wildman–Crippen LogP) is 3.83. The molecule has 1 atom stereocenters. The van der Waals surface area contributed by atoms with Gasteiger partial charge in [-0.1, -0.05) is 0 Å². The van der Waals surface area contributed by atoms with Gasteiger partial charge in [0.15, 0.2) is 11.5 Å². The van der Waals surface area contributed by atoms with E-state index in [1.54, 1.807) is 50.7 Å². The van der Waals surface area contributed by atoms with Gasteiger partial charge in [-0.25, -0.2) is 9.67 Å². The van der Waals surface area contributed by atoms with E-state index in [1.807, 2.05) is 30.3 Å². The largest absolute Gasteiger partial charge is 0.493 e. The molecular weight excluding hydrogens is 398 g/mol. The summed E-state index contributed by atoms with van der Waals surface area (Å²) < 4.78 is 23.4. The zero-order chi connectivity index (χ0) is 21.8. The number of aromatic nitrogens is 3. The van der Waals surface area contributed by atoms with E-state index < -0.39 is 6.10 Å². The monoisotopic (exact) mass is 421 g/mol. The summed E-state index contributed by atoms with van der Waals surface area (Å²) in [5, 5.41) is 15.3. The molecule has 1 unspecified atom stereocenters. The van der Waals surface area contributed by atoms with E-state index in [0.717, 1.165) is 22.6 Å². The zero-order valence-corrected chi connectivity index (χ0v) is 17.5. The summed E-state index contributed by atoms with van der Waals surface area (Å²) in [6.45, 7) is 0. The van der Waals surface area contributed by atoms with Crippen molar-refractivity contribution in [3.63, 3.8) is 0 Å². The number of benzene rings is 2. The van der Waals surface area contributed by atoms with Crippen LogP contribution in [-0.2, 0) is 6.42 Å². The van der Waals surface area contributed by atoms with Crippen LogP contribution in [0.2, 0.25) is 0 Å². The Kier molecular flexibility index (Phi) is 5.90. The molecule has 4 rings (SSSR count). The molecule has 0 bridgehead atoms. The standard InChI is InChI=1S/C23H23N3O5/c1-28-21-11-17(12-22(29-2)23(21)30-3)19(27)10-16-9-15(20-5-4-8-31-20)6-7-18(16)26-14-24-13-25-26/h4-9,11-14,19,27H,10H2,1-3H3. The Labute approximate surface area is 179 Å². The molecule has 4 aromatic rings. The van der Waals surface area contributed by atoms with Gasteiger partial charge in [0.2, 0.25) is 5.75 Å². The normalized spacial score (nSPS) is 11.9. The molecule has 160 valence electrons. The first-order chi connectivity index (χ1) is 15.1. The van der Waals surface area contributed by atoms with Crippen molar-refractivity contribution >= 4 is 0 Å². The Morgan fingerprint density at radius 2 is 1.81 bits per heavy atom. The highest BCUT2D eigenvalue weighted by atomic mass is 16.5. The summed E-state index contributed by atoms with van der Waals surface area (Å²) in [6.07, 6.45) is 4.22. The Hall–Kier alpha value is -3.78. The Morgan fingerprint density at radius 1 is 1.03 bits per heavy atom. The lowest BCUT2D eigenvalue weighted by Gasteiger charge is -2.18. The van der Waals surface area contributed by atoms with Crippen LogP contribution in [0, 0.1) is 0 Å². The minimum absolute atomic E-state index is 0.322. The maximum atomic E-state index is 11.1. The molecule has 0 aliphatic rings. The molecule has 0 spiro atoms. The third kappa shape index (κ3) is 4.10. The van der Waals surface area contributed by atoms with E-state index in [9.17, 15) is 5.11 Å². The molecule has 2 aromatic heterocycles. The van der Waals surface area contributed by atoms with Crippen LogP contribution < -0.4 is 14.2 Å². The van der Waals surface area contributed by atoms with Gasteiger partial charge in [-0.2, -0.15) is 5.10 Å². The molecule has 0 saturated carbocycles. The number of hydrogen-bond acceptors (Lipinski definition) is 7. The lowest BCUT2D eigenvalue weighted by atomic mass is 9.97. The first kappa shape index (κ1) is 20.5. The maximum Gasteiger partial charge on any atom is 0.203 e. The quantitative estimate of drug-likeness (QED) is 0.462. The molecular formula is C23H23N3O5. The van der Waals surface area contributed by atoms with Gasteiger partial charge in [0.1, 0.15) is 18.4 Å². The number of ether oxygens (including phenoxy) is 3. The van der Waals surface area contributed by atoms with Crippen molar-refractivity contribution in [2.24, 2.45) is 0 Å². The van der Waals surface area contributed by atoms with Gasteiger partial charge in [0.25, 0.3) is 0 Å². The molecule has 0 aliphatic carbocycles. The average molecular weight is 421 g/mol. The van der Waals surface area contributed by atoms with Crippen LogP contribution in [0.25, 0.3) is 17.0 Å². The van der Waals surface area contributed by atoms with Gasteiger partial charge in [-0.15, -0.1) is 0 Å². The van der Waals surface area contributed by atoms with Crippen LogP contribution >= 0.6 is 0 Å². The third-order valence-electron chi connectivity index (χ3n) is 5.04. The fraction of sp³-hybridized carbons (Fsp3) is 0.217. The topological polar surface area (TPSA) is 91.8 Å². The van der Waals surface area contributed by atoms with Gasteiger partial charge < -0.3 is 23.7 Å². The van der Waals surface area contributed by atoms with Crippen LogP contribution in [0.1, 0.15) is 17.2 Å². The van der Waals surface area contributed by atoms with Gasteiger partial charge >= 0.3 is 0 Å². The second kappa shape index (κ2) is 8.93. The van der Waals surface area contributed by atoms with Crippen molar-refractivity contribution in [3.05, 3.63) is 72.5 Å². The summed E-state index contributed by atoms with van der Waals surface area (Å²) in [5.74, 6) is 2.19. The van der Waals surface area contributed by atoms with Crippen LogP contribution in [0.3, 0.4) is 0 Å². The number of rotatable bonds is 8. The number of hydrogen-bond donors (Lipinski definition) is 1. The van der Waals surface area contributed by atoms with E-state index in [0.29, 0.717) is 29.2 Å². The Bertz CT molecular complexity index is 1120. The van der Waals surface area contributed by atoms with Crippen molar-refractivity contribution in [2.75, 3.05) is 21.3 Å². The summed E-state index contributed by atoms with van der Waals surface area (Å²) in [7, 11) is 4.63. The molecule has 2 heterocycles. The lowest BCUT2D eigenvalue weighted by Crippen LogP contribution is -2.08. The van der Waals surface area contributed by atoms with Crippen molar-refractivity contribution in [1.82, 2.24) is 14.8 Å². The summed E-state index contributed by atoms with van der Waals surface area (Å²) >= 11 is 0. The highest BCUT2D eigenvalue weighted by Gasteiger charge is 2.20. The fourth-order valence-electron chi connectivity index (χ4n) is 3.52. The van der Waals surface area contributed by atoms with Gasteiger partial charge in [-0.05, 0) is 53.6 Å². The summed E-state index contributed by atoms with van der Waals surface area (Å²) in [6, 6.07) is 13.1. The van der Waals surface area contributed by atoms with Crippen LogP contribution in [0.5, 0.6) is 17.2 Å². The van der Waals surface area contributed by atoms with Gasteiger partial charge in [0, 0.05) is 12.0 Å². The van der Waals surface area contributed by atoms with E-state index >= 15 is 0 Å². The number of furan rings is 1. The zero-order valence-electron chi connectivity index (χ0n) is 17.5. The minimum Gasteiger partial charge on any atom is -0.493 e. The van der Waals surface area contributed by atoms with Gasteiger partial charge in [-0.3, -0.25) is 0 Å². The van der Waals surface area contributed by atoms with E-state index in [-0.39, 0.29) is 0 Å². The Balaban J connectivity index is 1.73. The first-order valence-corrected chi connectivity index (χ1v) is 9.64. The highest BCUT2D eigenvalue weighted by Crippen LogP contribution is 2.40. The second-order valence-electron chi connectivity index (χ2n) is 6.84. The molecule has 2 aromatic carbocycles. The second-order valence-corrected chi connectivity index (χ2v) is 6.84. The van der Waals surface area contributed by atoms with Crippen LogP contribution in [0.4, 0.5) is 0 Å². The molecule has 8 nitrogen and oxygen atoms in total. The number of nitrogens with zero attached hydrogens (tertiary/aromatic N) is 3.